The Morgan fingerprint density at radius 3 is 2.64 bits per heavy atom. The highest BCUT2D eigenvalue weighted by molar-refractivity contribution is 7.98. The summed E-state index contributed by atoms with van der Waals surface area (Å²) in [5, 5.41) is 1.31. The van der Waals surface area contributed by atoms with E-state index in [4.69, 9.17) is 10.2 Å². The van der Waals surface area contributed by atoms with Crippen LogP contribution in [0.2, 0.25) is 0 Å². The van der Waals surface area contributed by atoms with Crippen LogP contribution in [0.5, 0.6) is 0 Å². The number of hydrogen-bond acceptors (Lipinski definition) is 4. The summed E-state index contributed by atoms with van der Waals surface area (Å²) in [6.45, 7) is 2.40. The van der Waals surface area contributed by atoms with Crippen molar-refractivity contribution in [1.82, 2.24) is 0 Å². The predicted molar refractivity (Wildman–Crippen MR) is 104 cm³/mol. The molecule has 0 spiro atoms. The molecular weight excluding hydrogens is 330 g/mol. The summed E-state index contributed by atoms with van der Waals surface area (Å²) >= 11 is 1.54. The maximum atomic E-state index is 12.4. The Morgan fingerprint density at radius 2 is 1.88 bits per heavy atom. The molecular formula is C21H19NO2S. The number of nitrogens with two attached hydrogens (primary N) is 1. The SMILES string of the molecule is Cc1c(SCc2ccc(C#CCCN)cc2)oc2ccccc2c1=O. The van der Waals surface area contributed by atoms with Crippen molar-refractivity contribution in [2.75, 3.05) is 6.54 Å². The Kier molecular flexibility index (Phi) is 5.60. The van der Waals surface area contributed by atoms with Crippen LogP contribution in [0.25, 0.3) is 11.0 Å². The molecule has 2 aromatic carbocycles. The monoisotopic (exact) mass is 349 g/mol. The van der Waals surface area contributed by atoms with E-state index in [1.165, 1.54) is 11.8 Å². The van der Waals surface area contributed by atoms with Crippen LogP contribution in [0.4, 0.5) is 0 Å². The van der Waals surface area contributed by atoms with Gasteiger partial charge in [-0.05, 0) is 36.8 Å². The van der Waals surface area contributed by atoms with E-state index in [-0.39, 0.29) is 5.43 Å². The van der Waals surface area contributed by atoms with Gasteiger partial charge in [-0.1, -0.05) is 47.9 Å². The highest BCUT2D eigenvalue weighted by Crippen LogP contribution is 2.27. The first-order chi connectivity index (χ1) is 12.2. The molecule has 3 rings (SSSR count). The van der Waals surface area contributed by atoms with Crippen LogP contribution in [0.15, 0.2) is 62.8 Å². The standard InChI is InChI=1S/C21H19NO2S/c1-15-20(23)18-7-2-3-8-19(18)24-21(15)25-14-17-11-9-16(10-12-17)6-4-5-13-22/h2-3,7-12H,5,13-14,22H2,1H3. The van der Waals surface area contributed by atoms with Gasteiger partial charge in [0.25, 0.3) is 0 Å². The van der Waals surface area contributed by atoms with E-state index in [1.807, 2.05) is 49.4 Å². The molecule has 0 radical (unpaired) electrons. The number of rotatable bonds is 4. The second kappa shape index (κ2) is 8.06. The normalized spacial score (nSPS) is 10.5. The first-order valence-corrected chi connectivity index (χ1v) is 9.10. The smallest absolute Gasteiger partial charge is 0.196 e. The summed E-state index contributed by atoms with van der Waals surface area (Å²) in [5.74, 6) is 6.85. The summed E-state index contributed by atoms with van der Waals surface area (Å²) in [7, 11) is 0. The van der Waals surface area contributed by atoms with E-state index in [2.05, 4.69) is 11.8 Å². The minimum Gasteiger partial charge on any atom is -0.449 e. The van der Waals surface area contributed by atoms with E-state index in [9.17, 15) is 4.79 Å². The zero-order chi connectivity index (χ0) is 17.6. The average Bonchev–Trinajstić information content (AvgIpc) is 2.65. The molecule has 3 nitrogen and oxygen atoms in total. The van der Waals surface area contributed by atoms with E-state index in [1.54, 1.807) is 6.07 Å². The second-order valence-corrected chi connectivity index (χ2v) is 6.61. The zero-order valence-electron chi connectivity index (χ0n) is 14.0. The lowest BCUT2D eigenvalue weighted by Gasteiger charge is -2.06. The summed E-state index contributed by atoms with van der Waals surface area (Å²) in [6.07, 6.45) is 0.706. The van der Waals surface area contributed by atoms with Crippen molar-refractivity contribution in [3.63, 3.8) is 0 Å². The molecule has 1 heterocycles. The van der Waals surface area contributed by atoms with Gasteiger partial charge in [0.1, 0.15) is 5.58 Å². The number of hydrogen-bond donors (Lipinski definition) is 1. The number of benzene rings is 2. The molecule has 0 atom stereocenters. The number of para-hydroxylation sites is 1. The van der Waals surface area contributed by atoms with Gasteiger partial charge in [-0.25, -0.2) is 0 Å². The van der Waals surface area contributed by atoms with Crippen LogP contribution in [0.3, 0.4) is 0 Å². The lowest BCUT2D eigenvalue weighted by molar-refractivity contribution is 0.492. The first-order valence-electron chi connectivity index (χ1n) is 8.12. The molecule has 0 aliphatic carbocycles. The van der Waals surface area contributed by atoms with Crippen molar-refractivity contribution in [3.05, 3.63) is 75.4 Å². The molecule has 0 aliphatic rings. The van der Waals surface area contributed by atoms with Crippen LogP contribution in [0.1, 0.15) is 23.1 Å². The maximum absolute atomic E-state index is 12.4. The molecule has 2 N–H and O–H groups in total. The van der Waals surface area contributed by atoms with Crippen LogP contribution in [-0.2, 0) is 5.75 Å². The van der Waals surface area contributed by atoms with E-state index in [0.29, 0.717) is 34.6 Å². The Balaban J connectivity index is 1.76. The maximum Gasteiger partial charge on any atom is 0.196 e. The van der Waals surface area contributed by atoms with Crippen molar-refractivity contribution in [2.45, 2.75) is 24.2 Å². The molecule has 0 saturated heterocycles. The van der Waals surface area contributed by atoms with Crippen LogP contribution >= 0.6 is 11.8 Å². The van der Waals surface area contributed by atoms with Gasteiger partial charge in [0.05, 0.1) is 5.39 Å². The molecule has 4 heteroatoms. The molecule has 0 aliphatic heterocycles. The Labute approximate surface area is 151 Å². The molecule has 0 bridgehead atoms. The molecule has 0 amide bonds. The second-order valence-electron chi connectivity index (χ2n) is 5.67. The van der Waals surface area contributed by atoms with Crippen molar-refractivity contribution >= 4 is 22.7 Å². The average molecular weight is 349 g/mol. The fourth-order valence-corrected chi connectivity index (χ4v) is 3.37. The van der Waals surface area contributed by atoms with Crippen LogP contribution in [0, 0.1) is 18.8 Å². The van der Waals surface area contributed by atoms with Gasteiger partial charge >= 0.3 is 0 Å². The quantitative estimate of drug-likeness (QED) is 0.569. The van der Waals surface area contributed by atoms with E-state index in [0.717, 1.165) is 16.9 Å². The molecule has 126 valence electrons. The third kappa shape index (κ3) is 4.14. The number of thioether (sulfide) groups is 1. The Hall–Kier alpha value is -2.48. The highest BCUT2D eigenvalue weighted by Gasteiger charge is 2.11. The lowest BCUT2D eigenvalue weighted by Crippen LogP contribution is -2.06. The third-order valence-corrected chi connectivity index (χ3v) is 4.94. The fraction of sp³-hybridized carbons (Fsp3) is 0.190. The van der Waals surface area contributed by atoms with Crippen molar-refractivity contribution in [1.29, 1.82) is 0 Å². The van der Waals surface area contributed by atoms with E-state index >= 15 is 0 Å². The zero-order valence-corrected chi connectivity index (χ0v) is 14.9. The molecule has 25 heavy (non-hydrogen) atoms. The molecule has 3 aromatic rings. The van der Waals surface area contributed by atoms with Crippen molar-refractivity contribution in [3.8, 4) is 11.8 Å². The van der Waals surface area contributed by atoms with Crippen molar-refractivity contribution in [2.24, 2.45) is 5.73 Å². The van der Waals surface area contributed by atoms with Crippen molar-refractivity contribution < 1.29 is 4.42 Å². The summed E-state index contributed by atoms with van der Waals surface area (Å²) < 4.78 is 5.91. The van der Waals surface area contributed by atoms with Gasteiger partial charge in [-0.15, -0.1) is 0 Å². The third-order valence-electron chi connectivity index (χ3n) is 3.81. The fourth-order valence-electron chi connectivity index (χ4n) is 2.42. The molecule has 0 unspecified atom stereocenters. The topological polar surface area (TPSA) is 56.2 Å². The molecule has 0 fully saturated rings. The van der Waals surface area contributed by atoms with Gasteiger partial charge in [0.15, 0.2) is 10.5 Å². The van der Waals surface area contributed by atoms with Gasteiger partial charge in [-0.3, -0.25) is 4.79 Å². The van der Waals surface area contributed by atoms with Gasteiger partial charge in [0, 0.05) is 29.8 Å². The van der Waals surface area contributed by atoms with E-state index < -0.39 is 0 Å². The minimum atomic E-state index is 0.0369. The molecule has 1 aromatic heterocycles. The largest absolute Gasteiger partial charge is 0.449 e. The Bertz CT molecular complexity index is 994. The van der Waals surface area contributed by atoms with Crippen LogP contribution < -0.4 is 11.2 Å². The first kappa shape index (κ1) is 17.3. The number of fused-ring (bicyclic) bond motifs is 1. The summed E-state index contributed by atoms with van der Waals surface area (Å²) in [4.78, 5) is 12.4. The minimum absolute atomic E-state index is 0.0369. The van der Waals surface area contributed by atoms with Crippen LogP contribution in [-0.4, -0.2) is 6.54 Å². The van der Waals surface area contributed by atoms with Gasteiger partial charge < -0.3 is 10.2 Å². The van der Waals surface area contributed by atoms with Gasteiger partial charge in [-0.2, -0.15) is 0 Å². The summed E-state index contributed by atoms with van der Waals surface area (Å²) in [5.41, 5.74) is 8.90. The summed E-state index contributed by atoms with van der Waals surface area (Å²) in [6, 6.07) is 15.5. The Morgan fingerprint density at radius 1 is 1.12 bits per heavy atom. The lowest BCUT2D eigenvalue weighted by atomic mass is 10.1. The molecule has 0 saturated carbocycles. The predicted octanol–water partition coefficient (Wildman–Crippen LogP) is 4.09. The highest BCUT2D eigenvalue weighted by atomic mass is 32.2. The van der Waals surface area contributed by atoms with Gasteiger partial charge in [0.2, 0.25) is 0 Å².